The molecule has 1 aliphatic carbocycles. The molecule has 0 radical (unpaired) electrons. The maximum absolute atomic E-state index is 12.5. The second kappa shape index (κ2) is 8.09. The summed E-state index contributed by atoms with van der Waals surface area (Å²) >= 11 is 0. The van der Waals surface area contributed by atoms with Crippen molar-refractivity contribution in [2.45, 2.75) is 75.3 Å². The second-order valence-corrected chi connectivity index (χ2v) is 8.31. The number of amides is 1. The molecule has 1 aromatic rings. The molecule has 4 heteroatoms. The number of hydrogen-bond acceptors (Lipinski definition) is 2. The van der Waals surface area contributed by atoms with Crippen molar-refractivity contribution in [2.75, 3.05) is 6.54 Å². The van der Waals surface area contributed by atoms with Crippen LogP contribution >= 0.6 is 12.4 Å². The van der Waals surface area contributed by atoms with Crippen molar-refractivity contribution in [3.8, 4) is 0 Å². The Morgan fingerprint density at radius 3 is 2.36 bits per heavy atom. The van der Waals surface area contributed by atoms with Crippen LogP contribution in [0.5, 0.6) is 0 Å². The summed E-state index contributed by atoms with van der Waals surface area (Å²) in [7, 11) is 0. The van der Waals surface area contributed by atoms with Crippen LogP contribution in [0.2, 0.25) is 0 Å². The molecule has 0 spiro atoms. The number of carbonyl (C=O) groups excluding carboxylic acids is 1. The molecule has 138 valence electrons. The Bertz CT molecular complexity index is 559. The quantitative estimate of drug-likeness (QED) is 0.832. The van der Waals surface area contributed by atoms with Gasteiger partial charge in [0.05, 0.1) is 0 Å². The van der Waals surface area contributed by atoms with E-state index in [0.29, 0.717) is 18.0 Å². The molecule has 1 amide bonds. The molecule has 1 aromatic carbocycles. The number of nitrogens with one attached hydrogen (secondary N) is 2. The first-order valence-electron chi connectivity index (χ1n) is 9.82. The van der Waals surface area contributed by atoms with Crippen molar-refractivity contribution in [1.29, 1.82) is 0 Å². The minimum atomic E-state index is 0. The molecule has 3 fully saturated rings. The largest absolute Gasteiger partial charge is 0.355 e. The van der Waals surface area contributed by atoms with Gasteiger partial charge < -0.3 is 10.6 Å². The summed E-state index contributed by atoms with van der Waals surface area (Å²) in [5.74, 6) is 0.850. The molecule has 2 unspecified atom stereocenters. The third-order valence-corrected chi connectivity index (χ3v) is 6.62. The van der Waals surface area contributed by atoms with Gasteiger partial charge in [0.25, 0.3) is 0 Å². The number of halogens is 1. The molecule has 2 aliphatic heterocycles. The van der Waals surface area contributed by atoms with Gasteiger partial charge in [-0.3, -0.25) is 4.79 Å². The van der Waals surface area contributed by atoms with E-state index in [9.17, 15) is 4.79 Å². The smallest absolute Gasteiger partial charge is 0.220 e. The van der Waals surface area contributed by atoms with Crippen LogP contribution in [0.3, 0.4) is 0 Å². The van der Waals surface area contributed by atoms with Crippen LogP contribution < -0.4 is 10.6 Å². The predicted octanol–water partition coefficient (Wildman–Crippen LogP) is 3.96. The zero-order valence-electron chi connectivity index (χ0n) is 15.0. The molecule has 25 heavy (non-hydrogen) atoms. The summed E-state index contributed by atoms with van der Waals surface area (Å²) in [6.07, 6.45) is 10.7. The van der Waals surface area contributed by atoms with E-state index >= 15 is 0 Å². The summed E-state index contributed by atoms with van der Waals surface area (Å²) in [4.78, 5) is 12.5. The van der Waals surface area contributed by atoms with Crippen molar-refractivity contribution in [3.63, 3.8) is 0 Å². The summed E-state index contributed by atoms with van der Waals surface area (Å²) in [5, 5.41) is 6.97. The van der Waals surface area contributed by atoms with Crippen LogP contribution in [0, 0.1) is 5.92 Å². The average Bonchev–Trinajstić information content (AvgIpc) is 3.21. The second-order valence-electron chi connectivity index (χ2n) is 8.31. The van der Waals surface area contributed by atoms with Gasteiger partial charge in [0.2, 0.25) is 5.91 Å². The molecule has 2 atom stereocenters. The Morgan fingerprint density at radius 2 is 1.72 bits per heavy atom. The number of fused-ring (bicyclic) bond motifs is 2. The molecule has 2 saturated heterocycles. The fourth-order valence-electron chi connectivity index (χ4n) is 5.35. The Balaban J connectivity index is 0.00000182. The molecule has 2 N–H and O–H groups in total. The topological polar surface area (TPSA) is 41.1 Å². The number of rotatable bonds is 5. The van der Waals surface area contributed by atoms with Crippen LogP contribution in [-0.2, 0) is 10.2 Å². The van der Waals surface area contributed by atoms with Crippen molar-refractivity contribution < 1.29 is 4.79 Å². The van der Waals surface area contributed by atoms with E-state index < -0.39 is 0 Å². The first kappa shape index (κ1) is 18.7. The van der Waals surface area contributed by atoms with E-state index in [1.165, 1.54) is 56.9 Å². The first-order valence-corrected chi connectivity index (χ1v) is 9.82. The van der Waals surface area contributed by atoms with Crippen molar-refractivity contribution in [3.05, 3.63) is 35.9 Å². The van der Waals surface area contributed by atoms with Gasteiger partial charge in [-0.25, -0.2) is 0 Å². The maximum Gasteiger partial charge on any atom is 0.220 e. The van der Waals surface area contributed by atoms with E-state index in [2.05, 4.69) is 41.0 Å². The van der Waals surface area contributed by atoms with E-state index in [4.69, 9.17) is 0 Å². The maximum atomic E-state index is 12.5. The molecule has 3 aliphatic rings. The number of benzene rings is 1. The highest BCUT2D eigenvalue weighted by atomic mass is 35.5. The normalized spacial score (nSPS) is 29.8. The summed E-state index contributed by atoms with van der Waals surface area (Å²) < 4.78 is 0. The number of carbonyl (C=O) groups is 1. The van der Waals surface area contributed by atoms with Gasteiger partial charge >= 0.3 is 0 Å². The number of piperidine rings is 1. The Hall–Kier alpha value is -1.06. The van der Waals surface area contributed by atoms with E-state index in [1.54, 1.807) is 0 Å². The van der Waals surface area contributed by atoms with Crippen LogP contribution in [0.25, 0.3) is 0 Å². The molecular formula is C21H31ClN2O. The van der Waals surface area contributed by atoms with Crippen LogP contribution in [-0.4, -0.2) is 24.5 Å². The first-order chi connectivity index (χ1) is 11.7. The molecule has 2 bridgehead atoms. The van der Waals surface area contributed by atoms with E-state index in [-0.39, 0.29) is 23.7 Å². The summed E-state index contributed by atoms with van der Waals surface area (Å²) in [6, 6.07) is 12.2. The standard InChI is InChI=1S/C21H30N2O.ClH/c24-20(14-16-12-18-8-9-19(13-16)23-18)22-15-21(10-4-5-11-21)17-6-2-1-3-7-17;/h1-3,6-7,16,18-19,23H,4-5,8-15H2,(H,22,24);1H. The monoisotopic (exact) mass is 362 g/mol. The van der Waals surface area contributed by atoms with Crippen LogP contribution in [0.15, 0.2) is 30.3 Å². The minimum Gasteiger partial charge on any atom is -0.355 e. The van der Waals surface area contributed by atoms with Gasteiger partial charge in [0.15, 0.2) is 0 Å². The van der Waals surface area contributed by atoms with Crippen LogP contribution in [0.4, 0.5) is 0 Å². The lowest BCUT2D eigenvalue weighted by Gasteiger charge is -2.31. The van der Waals surface area contributed by atoms with E-state index in [0.717, 1.165) is 13.0 Å². The fourth-order valence-corrected chi connectivity index (χ4v) is 5.35. The average molecular weight is 363 g/mol. The molecule has 3 nitrogen and oxygen atoms in total. The van der Waals surface area contributed by atoms with Gasteiger partial charge in [0, 0.05) is 30.5 Å². The van der Waals surface area contributed by atoms with Crippen molar-refractivity contribution >= 4 is 18.3 Å². The van der Waals surface area contributed by atoms with Gasteiger partial charge in [-0.1, -0.05) is 43.2 Å². The highest BCUT2D eigenvalue weighted by Crippen LogP contribution is 2.40. The van der Waals surface area contributed by atoms with Gasteiger partial charge in [-0.15, -0.1) is 12.4 Å². The predicted molar refractivity (Wildman–Crippen MR) is 104 cm³/mol. The highest BCUT2D eigenvalue weighted by Gasteiger charge is 2.37. The lowest BCUT2D eigenvalue weighted by Crippen LogP contribution is -2.42. The number of hydrogen-bond donors (Lipinski definition) is 2. The zero-order chi connectivity index (χ0) is 16.4. The van der Waals surface area contributed by atoms with Crippen molar-refractivity contribution in [2.24, 2.45) is 5.92 Å². The fraction of sp³-hybridized carbons (Fsp3) is 0.667. The minimum absolute atomic E-state index is 0. The molecule has 1 saturated carbocycles. The lowest BCUT2D eigenvalue weighted by molar-refractivity contribution is -0.122. The molecular weight excluding hydrogens is 332 g/mol. The summed E-state index contributed by atoms with van der Waals surface area (Å²) in [6.45, 7) is 0.813. The van der Waals surface area contributed by atoms with Gasteiger partial charge in [-0.05, 0) is 50.0 Å². The van der Waals surface area contributed by atoms with Crippen molar-refractivity contribution in [1.82, 2.24) is 10.6 Å². The van der Waals surface area contributed by atoms with Crippen LogP contribution in [0.1, 0.15) is 63.4 Å². The Morgan fingerprint density at radius 1 is 1.08 bits per heavy atom. The molecule has 4 rings (SSSR count). The van der Waals surface area contributed by atoms with E-state index in [1.807, 2.05) is 0 Å². The van der Waals surface area contributed by atoms with Gasteiger partial charge in [-0.2, -0.15) is 0 Å². The zero-order valence-corrected chi connectivity index (χ0v) is 15.8. The Kier molecular flexibility index (Phi) is 6.06. The summed E-state index contributed by atoms with van der Waals surface area (Å²) in [5.41, 5.74) is 1.58. The third kappa shape index (κ3) is 4.20. The molecule has 0 aromatic heterocycles. The highest BCUT2D eigenvalue weighted by molar-refractivity contribution is 5.85. The molecule has 2 heterocycles. The third-order valence-electron chi connectivity index (χ3n) is 6.62. The SMILES string of the molecule is Cl.O=C(CC1CC2CCC(C1)N2)NCC1(c2ccccc2)CCCC1. The lowest BCUT2D eigenvalue weighted by atomic mass is 9.78. The Labute approximate surface area is 157 Å². The van der Waals surface area contributed by atoms with Gasteiger partial charge in [0.1, 0.15) is 0 Å².